The number of likely N-dealkylation sites (tertiary alicyclic amines) is 1. The molecule has 0 bridgehead atoms. The summed E-state index contributed by atoms with van der Waals surface area (Å²) >= 11 is 0. The lowest BCUT2D eigenvalue weighted by molar-refractivity contribution is -0.137. The second-order valence-corrected chi connectivity index (χ2v) is 9.77. The lowest BCUT2D eigenvalue weighted by Gasteiger charge is -2.48. The zero-order valence-corrected chi connectivity index (χ0v) is 20.0. The summed E-state index contributed by atoms with van der Waals surface area (Å²) in [6.45, 7) is 1.25. The van der Waals surface area contributed by atoms with Crippen LogP contribution in [-0.4, -0.2) is 60.8 Å². The van der Waals surface area contributed by atoms with Gasteiger partial charge in [-0.3, -0.25) is 14.5 Å². The molecule has 2 saturated heterocycles. The molecule has 2 heterocycles. The Morgan fingerprint density at radius 3 is 2.65 bits per heavy atom. The molecule has 2 aliphatic heterocycles. The van der Waals surface area contributed by atoms with Gasteiger partial charge in [0.1, 0.15) is 0 Å². The molecule has 0 radical (unpaired) electrons. The first kappa shape index (κ1) is 25.2. The highest BCUT2D eigenvalue weighted by molar-refractivity contribution is 5.96. The molecule has 2 aliphatic carbocycles. The van der Waals surface area contributed by atoms with Gasteiger partial charge >= 0.3 is 6.18 Å². The molecular weight excluding hydrogens is 489 g/mol. The van der Waals surface area contributed by atoms with Crippen molar-refractivity contribution in [2.75, 3.05) is 26.4 Å². The number of carbonyl (C=O) groups is 2. The van der Waals surface area contributed by atoms with E-state index in [0.717, 1.165) is 49.5 Å². The molecule has 37 heavy (non-hydrogen) atoms. The first-order chi connectivity index (χ1) is 17.6. The summed E-state index contributed by atoms with van der Waals surface area (Å²) in [6, 6.07) is 4.41. The van der Waals surface area contributed by atoms with Gasteiger partial charge in [0.25, 0.3) is 5.91 Å². The Balaban J connectivity index is 1.04. The van der Waals surface area contributed by atoms with E-state index >= 15 is 0 Å². The summed E-state index contributed by atoms with van der Waals surface area (Å²) in [5.74, 6) is 0.0865. The molecular formula is C26H27F3N4O4. The molecule has 0 aromatic heterocycles. The van der Waals surface area contributed by atoms with Gasteiger partial charge in [0.05, 0.1) is 18.2 Å². The zero-order chi connectivity index (χ0) is 26.2. The maximum Gasteiger partial charge on any atom is 0.416 e. The lowest BCUT2D eigenvalue weighted by Crippen LogP contribution is -2.64. The van der Waals surface area contributed by atoms with E-state index in [4.69, 9.17) is 15.2 Å². The number of benzene rings is 1. The van der Waals surface area contributed by atoms with Crippen LogP contribution in [0.3, 0.4) is 0 Å². The van der Waals surface area contributed by atoms with Gasteiger partial charge in [0, 0.05) is 35.8 Å². The lowest BCUT2D eigenvalue weighted by atomic mass is 9.74. The van der Waals surface area contributed by atoms with Crippen LogP contribution >= 0.6 is 0 Å². The molecule has 196 valence electrons. The van der Waals surface area contributed by atoms with Crippen molar-refractivity contribution in [2.24, 2.45) is 5.73 Å². The minimum absolute atomic E-state index is 0.0423. The maximum atomic E-state index is 12.8. The maximum absolute atomic E-state index is 12.8. The van der Waals surface area contributed by atoms with E-state index in [2.05, 4.69) is 27.0 Å². The van der Waals surface area contributed by atoms with Crippen molar-refractivity contribution >= 4 is 11.8 Å². The summed E-state index contributed by atoms with van der Waals surface area (Å²) in [5, 5.41) is 5.24. The molecule has 3 fully saturated rings. The van der Waals surface area contributed by atoms with Crippen LogP contribution in [0.25, 0.3) is 0 Å². The summed E-state index contributed by atoms with van der Waals surface area (Å²) in [4.78, 5) is 26.7. The van der Waals surface area contributed by atoms with E-state index in [1.54, 1.807) is 0 Å². The van der Waals surface area contributed by atoms with Gasteiger partial charge in [-0.25, -0.2) is 0 Å². The van der Waals surface area contributed by atoms with E-state index < -0.39 is 23.2 Å². The molecule has 0 spiro atoms. The van der Waals surface area contributed by atoms with Crippen LogP contribution in [0.15, 0.2) is 58.9 Å². The molecule has 4 N–H and O–H groups in total. The number of hydrogen-bond donors (Lipinski definition) is 3. The van der Waals surface area contributed by atoms with Gasteiger partial charge in [0.15, 0.2) is 5.76 Å². The van der Waals surface area contributed by atoms with Crippen LogP contribution in [0.2, 0.25) is 0 Å². The monoisotopic (exact) mass is 516 g/mol. The zero-order valence-electron chi connectivity index (χ0n) is 20.0. The number of nitrogens with one attached hydrogen (secondary N) is 2. The molecule has 5 rings (SSSR count). The van der Waals surface area contributed by atoms with Gasteiger partial charge in [-0.05, 0) is 55.7 Å². The number of fused-ring (bicyclic) bond motifs is 1. The first-order valence-corrected chi connectivity index (χ1v) is 12.1. The van der Waals surface area contributed by atoms with E-state index in [0.29, 0.717) is 30.6 Å². The molecule has 8 nitrogen and oxygen atoms in total. The van der Waals surface area contributed by atoms with Gasteiger partial charge in [-0.2, -0.15) is 13.2 Å². The smallest absolute Gasteiger partial charge is 0.416 e. The Labute approximate surface area is 211 Å². The van der Waals surface area contributed by atoms with Gasteiger partial charge < -0.3 is 25.8 Å². The van der Waals surface area contributed by atoms with Crippen LogP contribution in [-0.2, 0) is 20.4 Å². The molecule has 11 heteroatoms. The topological polar surface area (TPSA) is 106 Å². The number of hydrogen-bond acceptors (Lipinski definition) is 6. The van der Waals surface area contributed by atoms with Crippen molar-refractivity contribution in [3.8, 4) is 0 Å². The predicted molar refractivity (Wildman–Crippen MR) is 126 cm³/mol. The fourth-order valence-corrected chi connectivity index (χ4v) is 5.09. The van der Waals surface area contributed by atoms with Crippen molar-refractivity contribution in [1.82, 2.24) is 15.5 Å². The van der Waals surface area contributed by atoms with E-state index in [1.165, 1.54) is 6.07 Å². The standard InChI is InChI=1S/C26H27F3N4O4/c27-26(28,29)18-3-1-2-16(10-18)24(35)31-12-23(34)32-19-13-33(14-19)20-6-8-25(30,9-7-20)17-4-5-21-22(11-17)37-15-36-21/h1-3,10-11,19-20H,6-9,12-15,30H2,(H,31,35)(H,32,34). The minimum Gasteiger partial charge on any atom is -0.453 e. The third kappa shape index (κ3) is 5.45. The Bertz CT molecular complexity index is 1230. The fraction of sp³-hybridized carbons (Fsp3) is 0.462. The first-order valence-electron chi connectivity index (χ1n) is 12.1. The highest BCUT2D eigenvalue weighted by Crippen LogP contribution is 2.38. The largest absolute Gasteiger partial charge is 0.453 e. The number of nitrogens with two attached hydrogens (primary N) is 1. The summed E-state index contributed by atoms with van der Waals surface area (Å²) < 4.78 is 49.3. The molecule has 1 aromatic carbocycles. The van der Waals surface area contributed by atoms with Crippen LogP contribution in [0.4, 0.5) is 13.2 Å². The van der Waals surface area contributed by atoms with Crippen LogP contribution in [0.1, 0.15) is 41.6 Å². The number of carbonyl (C=O) groups excluding carboxylic acids is 2. The third-order valence-electron chi connectivity index (χ3n) is 7.26. The number of nitrogens with zero attached hydrogens (tertiary/aromatic N) is 1. The molecule has 1 aromatic rings. The van der Waals surface area contributed by atoms with E-state index in [1.807, 2.05) is 6.08 Å². The third-order valence-corrected chi connectivity index (χ3v) is 7.26. The van der Waals surface area contributed by atoms with E-state index in [-0.39, 0.29) is 30.9 Å². The van der Waals surface area contributed by atoms with Crippen LogP contribution in [0, 0.1) is 0 Å². The summed E-state index contributed by atoms with van der Waals surface area (Å²) in [6.07, 6.45) is 0.739. The number of halogens is 3. The highest BCUT2D eigenvalue weighted by atomic mass is 19.4. The number of amides is 2. The van der Waals surface area contributed by atoms with Crippen molar-refractivity contribution in [3.05, 3.63) is 70.0 Å². The Hall–Kier alpha value is -3.49. The normalized spacial score (nSPS) is 25.5. The second-order valence-electron chi connectivity index (χ2n) is 9.77. The average molecular weight is 517 g/mol. The van der Waals surface area contributed by atoms with Gasteiger partial charge in [-0.15, -0.1) is 0 Å². The van der Waals surface area contributed by atoms with Crippen molar-refractivity contribution in [1.29, 1.82) is 0 Å². The molecule has 1 saturated carbocycles. The predicted octanol–water partition coefficient (Wildman–Crippen LogP) is 2.34. The Morgan fingerprint density at radius 1 is 1.16 bits per heavy atom. The summed E-state index contributed by atoms with van der Waals surface area (Å²) in [7, 11) is 0. The van der Waals surface area contributed by atoms with Crippen molar-refractivity contribution in [3.63, 3.8) is 0 Å². The molecule has 0 atom stereocenters. The quantitative estimate of drug-likeness (QED) is 0.502. The van der Waals surface area contributed by atoms with Crippen LogP contribution in [0.5, 0.6) is 0 Å². The number of alkyl halides is 3. The van der Waals surface area contributed by atoms with E-state index in [9.17, 15) is 22.8 Å². The Kier molecular flexibility index (Phi) is 6.64. The second kappa shape index (κ2) is 9.76. The number of ether oxygens (including phenoxy) is 2. The highest BCUT2D eigenvalue weighted by Gasteiger charge is 2.41. The van der Waals surface area contributed by atoms with Crippen molar-refractivity contribution in [2.45, 2.75) is 49.5 Å². The van der Waals surface area contributed by atoms with Crippen LogP contribution < -0.4 is 16.4 Å². The fourth-order valence-electron chi connectivity index (χ4n) is 5.09. The average Bonchev–Trinajstić information content (AvgIpc) is 3.33. The van der Waals surface area contributed by atoms with Gasteiger partial charge in [-0.1, -0.05) is 11.8 Å². The summed E-state index contributed by atoms with van der Waals surface area (Å²) in [5.41, 5.74) is 12.1. The Morgan fingerprint density at radius 2 is 1.92 bits per heavy atom. The molecule has 0 unspecified atom stereocenters. The SMILES string of the molecule is NC1(C2=C=C=C3OCOC3=C2)CCC(N2CC(NC(=O)CNC(=O)c3cccc(C(F)(F)F)c3)C2)CC1. The van der Waals surface area contributed by atoms with Gasteiger partial charge in [0.2, 0.25) is 18.5 Å². The molecule has 4 aliphatic rings. The molecule has 2 amide bonds. The van der Waals surface area contributed by atoms with Crippen molar-refractivity contribution < 1.29 is 32.2 Å². The minimum atomic E-state index is -4.54. The number of rotatable bonds is 6.